The third-order valence-electron chi connectivity index (χ3n) is 16.1. The van der Waals surface area contributed by atoms with E-state index >= 15 is 0 Å². The lowest BCUT2D eigenvalue weighted by molar-refractivity contribution is -0.143. The van der Waals surface area contributed by atoms with Gasteiger partial charge in [-0.2, -0.15) is 0 Å². The minimum atomic E-state index is -0.852. The topological polar surface area (TPSA) is 95.9 Å². The number of unbranched alkanes of at least 4 members (excludes halogenated alkanes) is 48. The van der Waals surface area contributed by atoms with E-state index < -0.39 is 12.1 Å². The average Bonchev–Trinajstić information content (AvgIpc) is 3.44. The van der Waals surface area contributed by atoms with Gasteiger partial charge in [0.1, 0.15) is 0 Å². The summed E-state index contributed by atoms with van der Waals surface area (Å²) in [7, 11) is 0. The largest absolute Gasteiger partial charge is 0.466 e. The van der Waals surface area contributed by atoms with Crippen LogP contribution in [0.15, 0.2) is 48.6 Å². The molecule has 0 aliphatic heterocycles. The first-order valence-electron chi connectivity index (χ1n) is 34.9. The molecule has 1 amide bonds. The monoisotopic (exact) mass is 1090 g/mol. The molecule has 458 valence electrons. The third kappa shape index (κ3) is 63.0. The number of hydrogen-bond acceptors (Lipinski definition) is 5. The van der Waals surface area contributed by atoms with Crippen LogP contribution in [-0.4, -0.2) is 47.4 Å². The molecule has 0 rings (SSSR count). The van der Waals surface area contributed by atoms with E-state index in [1.165, 1.54) is 289 Å². The zero-order chi connectivity index (χ0) is 56.4. The number of carbonyl (C=O) groups excluding carboxylic acids is 2. The predicted octanol–water partition coefficient (Wildman–Crippen LogP) is 22.5. The van der Waals surface area contributed by atoms with Gasteiger partial charge in [-0.25, -0.2) is 0 Å². The molecule has 0 fully saturated rings. The Balaban J connectivity index is 3.45. The lowest BCUT2D eigenvalue weighted by Gasteiger charge is -2.20. The van der Waals surface area contributed by atoms with Gasteiger partial charge in [-0.15, -0.1) is 0 Å². The Morgan fingerprint density at radius 1 is 0.359 bits per heavy atom. The van der Waals surface area contributed by atoms with E-state index in [1.54, 1.807) is 6.08 Å². The molecule has 0 aliphatic carbocycles. The molecule has 0 aromatic heterocycles. The normalized spacial score (nSPS) is 12.8. The standard InChI is InChI=1S/C72H135NO5/c1-3-5-7-9-11-13-15-17-19-21-22-23-24-26-29-33-36-40-44-48-52-56-60-64-70(75)69(68-74)73-71(76)65-61-57-53-49-45-41-37-34-30-27-25-28-31-35-39-43-47-51-55-59-63-67-78-72(77)66-62-58-54-50-46-42-38-32-20-18-16-14-12-10-8-6-4-2/h12,14,18,20,27,30,60,64,69-70,74-75H,3-11,13,15-17,19,21-26,28-29,31-59,61-63,65-68H2,1-2H3,(H,73,76)/b14-12-,20-18-,30-27-,64-60+. The number of ether oxygens (including phenoxy) is 1. The number of esters is 1. The summed E-state index contributed by atoms with van der Waals surface area (Å²) in [4.78, 5) is 24.6. The van der Waals surface area contributed by atoms with Gasteiger partial charge in [0.05, 0.1) is 25.4 Å². The lowest BCUT2D eigenvalue weighted by Crippen LogP contribution is -2.45. The van der Waals surface area contributed by atoms with Gasteiger partial charge in [0.15, 0.2) is 0 Å². The number of hydrogen-bond donors (Lipinski definition) is 3. The molecule has 0 heterocycles. The van der Waals surface area contributed by atoms with Gasteiger partial charge in [-0.05, 0) is 89.9 Å². The second kappa shape index (κ2) is 67.3. The van der Waals surface area contributed by atoms with Crippen LogP contribution in [0.3, 0.4) is 0 Å². The zero-order valence-electron chi connectivity index (χ0n) is 52.4. The Bertz CT molecular complexity index is 1310. The summed E-state index contributed by atoms with van der Waals surface area (Å²) in [5.74, 6) is -0.0727. The summed E-state index contributed by atoms with van der Waals surface area (Å²) in [6.45, 7) is 4.90. The molecule has 3 N–H and O–H groups in total. The summed E-state index contributed by atoms with van der Waals surface area (Å²) in [5, 5.41) is 23.3. The molecular weight excluding hydrogens is 959 g/mol. The minimum Gasteiger partial charge on any atom is -0.466 e. The van der Waals surface area contributed by atoms with Gasteiger partial charge in [0.2, 0.25) is 5.91 Å². The van der Waals surface area contributed by atoms with Crippen molar-refractivity contribution in [3.8, 4) is 0 Å². The maximum atomic E-state index is 12.5. The Morgan fingerprint density at radius 2 is 0.641 bits per heavy atom. The van der Waals surface area contributed by atoms with E-state index in [1.807, 2.05) is 6.08 Å². The predicted molar refractivity (Wildman–Crippen MR) is 342 cm³/mol. The summed E-state index contributed by atoms with van der Waals surface area (Å²) in [6, 6.07) is -0.636. The van der Waals surface area contributed by atoms with Crippen molar-refractivity contribution in [3.63, 3.8) is 0 Å². The van der Waals surface area contributed by atoms with E-state index in [9.17, 15) is 19.8 Å². The van der Waals surface area contributed by atoms with E-state index in [4.69, 9.17) is 4.74 Å². The Hall–Kier alpha value is -2.18. The first kappa shape index (κ1) is 75.8. The molecule has 0 radical (unpaired) electrons. The van der Waals surface area contributed by atoms with Crippen LogP contribution in [-0.2, 0) is 14.3 Å². The highest BCUT2D eigenvalue weighted by molar-refractivity contribution is 5.76. The summed E-state index contributed by atoms with van der Waals surface area (Å²) >= 11 is 0. The lowest BCUT2D eigenvalue weighted by atomic mass is 10.0. The second-order valence-corrected chi connectivity index (χ2v) is 23.9. The number of carbonyl (C=O) groups is 2. The van der Waals surface area contributed by atoms with Crippen molar-refractivity contribution in [2.75, 3.05) is 13.2 Å². The molecule has 6 nitrogen and oxygen atoms in total. The molecule has 2 unspecified atom stereocenters. The van der Waals surface area contributed by atoms with Gasteiger partial charge >= 0.3 is 5.97 Å². The molecule has 0 aliphatic rings. The van der Waals surface area contributed by atoms with Crippen molar-refractivity contribution >= 4 is 11.9 Å². The fourth-order valence-corrected chi connectivity index (χ4v) is 10.7. The van der Waals surface area contributed by atoms with Gasteiger partial charge < -0.3 is 20.3 Å². The number of allylic oxidation sites excluding steroid dienone is 7. The molecule has 0 saturated carbocycles. The van der Waals surface area contributed by atoms with Crippen molar-refractivity contribution in [2.24, 2.45) is 0 Å². The van der Waals surface area contributed by atoms with E-state index in [0.717, 1.165) is 57.8 Å². The van der Waals surface area contributed by atoms with Crippen LogP contribution in [0.1, 0.15) is 373 Å². The second-order valence-electron chi connectivity index (χ2n) is 23.9. The molecule has 0 aromatic carbocycles. The van der Waals surface area contributed by atoms with Crippen LogP contribution in [0.5, 0.6) is 0 Å². The molecule has 0 spiro atoms. The third-order valence-corrected chi connectivity index (χ3v) is 16.1. The molecule has 0 aromatic rings. The number of aliphatic hydroxyl groups is 2. The fraction of sp³-hybridized carbons (Fsp3) is 0.861. The minimum absolute atomic E-state index is 0.000120. The highest BCUT2D eigenvalue weighted by Gasteiger charge is 2.18. The molecule has 78 heavy (non-hydrogen) atoms. The van der Waals surface area contributed by atoms with Gasteiger partial charge in [-0.1, -0.05) is 319 Å². The van der Waals surface area contributed by atoms with Gasteiger partial charge in [0.25, 0.3) is 0 Å². The van der Waals surface area contributed by atoms with Crippen molar-refractivity contribution in [1.29, 1.82) is 0 Å². The number of aliphatic hydroxyl groups excluding tert-OH is 2. The highest BCUT2D eigenvalue weighted by atomic mass is 16.5. The van der Waals surface area contributed by atoms with E-state index in [2.05, 4.69) is 55.6 Å². The van der Waals surface area contributed by atoms with Crippen molar-refractivity contribution in [3.05, 3.63) is 48.6 Å². The Morgan fingerprint density at radius 3 is 1.01 bits per heavy atom. The summed E-state index contributed by atoms with van der Waals surface area (Å²) in [5.41, 5.74) is 0. The van der Waals surface area contributed by atoms with E-state index in [-0.39, 0.29) is 18.5 Å². The van der Waals surface area contributed by atoms with Gasteiger partial charge in [0, 0.05) is 12.8 Å². The van der Waals surface area contributed by atoms with Crippen LogP contribution in [0.25, 0.3) is 0 Å². The van der Waals surface area contributed by atoms with Crippen molar-refractivity contribution in [1.82, 2.24) is 5.32 Å². The molecule has 0 bridgehead atoms. The van der Waals surface area contributed by atoms with Gasteiger partial charge in [-0.3, -0.25) is 9.59 Å². The summed E-state index contributed by atoms with van der Waals surface area (Å²) in [6.07, 6.45) is 87.5. The maximum absolute atomic E-state index is 12.5. The quantitative estimate of drug-likeness (QED) is 0.0320. The zero-order valence-corrected chi connectivity index (χ0v) is 52.4. The number of nitrogens with one attached hydrogen (secondary N) is 1. The maximum Gasteiger partial charge on any atom is 0.305 e. The summed E-state index contributed by atoms with van der Waals surface area (Å²) < 4.78 is 5.49. The van der Waals surface area contributed by atoms with Crippen molar-refractivity contribution in [2.45, 2.75) is 386 Å². The van der Waals surface area contributed by atoms with Crippen molar-refractivity contribution < 1.29 is 24.5 Å². The fourth-order valence-electron chi connectivity index (χ4n) is 10.7. The van der Waals surface area contributed by atoms with E-state index in [0.29, 0.717) is 19.4 Å². The van der Waals surface area contributed by atoms with Crippen LogP contribution in [0.2, 0.25) is 0 Å². The average molecular weight is 1090 g/mol. The Labute approximate surface area is 486 Å². The first-order chi connectivity index (χ1) is 38.5. The molecule has 2 atom stereocenters. The van der Waals surface area contributed by atoms with Crippen LogP contribution >= 0.6 is 0 Å². The molecular formula is C72H135NO5. The molecule has 0 saturated heterocycles. The highest BCUT2D eigenvalue weighted by Crippen LogP contribution is 2.18. The number of rotatable bonds is 65. The smallest absolute Gasteiger partial charge is 0.305 e. The SMILES string of the molecule is CCCCC/C=C\C/C=C\CCCCCCCCCC(=O)OCCCCCCCCCCCC/C=C\CCCCCCCCCC(=O)NC(CO)C(O)/C=C/CCCCCCCCCCCCCCCCCCCCCCC. The number of amides is 1. The Kier molecular flexibility index (Phi) is 65.4. The van der Waals surface area contributed by atoms with Crippen LogP contribution in [0.4, 0.5) is 0 Å². The molecule has 6 heteroatoms. The van der Waals surface area contributed by atoms with Crippen LogP contribution in [0, 0.1) is 0 Å². The van der Waals surface area contributed by atoms with Crippen LogP contribution < -0.4 is 5.32 Å². The first-order valence-corrected chi connectivity index (χ1v) is 34.9.